The van der Waals surface area contributed by atoms with Crippen molar-refractivity contribution in [1.82, 2.24) is 5.32 Å². The van der Waals surface area contributed by atoms with Crippen LogP contribution in [0.2, 0.25) is 0 Å². The molecule has 0 saturated carbocycles. The summed E-state index contributed by atoms with van der Waals surface area (Å²) < 4.78 is 0. The molecule has 0 aromatic carbocycles. The van der Waals surface area contributed by atoms with Crippen molar-refractivity contribution in [2.24, 2.45) is 11.5 Å². The fourth-order valence-electron chi connectivity index (χ4n) is 0.379. The first-order chi connectivity index (χ1) is 3.29. The Bertz CT molecular complexity index is 100. The minimum absolute atomic E-state index is 0.0278. The van der Waals surface area contributed by atoms with Gasteiger partial charge in [-0.05, 0) is 0 Å². The smallest absolute Gasteiger partial charge is 0.128 e. The molecule has 40 valence electrons. The van der Waals surface area contributed by atoms with Crippen molar-refractivity contribution in [3.63, 3.8) is 0 Å². The van der Waals surface area contributed by atoms with Gasteiger partial charge in [0.15, 0.2) is 0 Å². The molecule has 0 spiro atoms. The summed E-state index contributed by atoms with van der Waals surface area (Å²) in [6, 6.07) is 0. The monoisotopic (exact) mass is 117 g/mol. The van der Waals surface area contributed by atoms with Crippen LogP contribution in [-0.2, 0) is 0 Å². The van der Waals surface area contributed by atoms with Gasteiger partial charge in [-0.1, -0.05) is 11.8 Å². The van der Waals surface area contributed by atoms with E-state index in [9.17, 15) is 0 Å². The van der Waals surface area contributed by atoms with Crippen molar-refractivity contribution in [1.29, 1.82) is 0 Å². The fraction of sp³-hybridized carbons (Fsp3) is 0.333. The van der Waals surface area contributed by atoms with Gasteiger partial charge in [-0.15, -0.1) is 0 Å². The minimum Gasteiger partial charge on any atom is -0.392 e. The normalized spacial score (nSPS) is 29.3. The highest BCUT2D eigenvalue weighted by molar-refractivity contribution is 8.03. The molecule has 1 unspecified atom stereocenters. The predicted octanol–water partition coefficient (Wildman–Crippen LogP) is -0.677. The highest BCUT2D eigenvalue weighted by atomic mass is 32.2. The molecule has 0 aromatic rings. The van der Waals surface area contributed by atoms with E-state index in [1.807, 2.05) is 0 Å². The van der Waals surface area contributed by atoms with Crippen molar-refractivity contribution in [3.8, 4) is 0 Å². The second-order valence-corrected chi connectivity index (χ2v) is 2.47. The van der Waals surface area contributed by atoms with Gasteiger partial charge in [-0.25, -0.2) is 0 Å². The Morgan fingerprint density at radius 3 is 2.71 bits per heavy atom. The average Bonchev–Trinajstić information content (AvgIpc) is 1.87. The quantitative estimate of drug-likeness (QED) is 0.393. The Morgan fingerprint density at radius 2 is 2.57 bits per heavy atom. The Kier molecular flexibility index (Phi) is 1.12. The Balaban J connectivity index is 2.42. The molecular weight excluding hydrogens is 110 g/mol. The molecule has 1 atom stereocenters. The van der Waals surface area contributed by atoms with Crippen LogP contribution in [0, 0.1) is 0 Å². The van der Waals surface area contributed by atoms with Crippen molar-refractivity contribution in [2.45, 2.75) is 5.50 Å². The van der Waals surface area contributed by atoms with E-state index in [4.69, 9.17) is 11.5 Å². The van der Waals surface area contributed by atoms with Crippen molar-refractivity contribution < 1.29 is 0 Å². The molecule has 5 N–H and O–H groups in total. The van der Waals surface area contributed by atoms with E-state index in [0.717, 1.165) is 5.03 Å². The highest BCUT2D eigenvalue weighted by Crippen LogP contribution is 2.15. The first-order valence-corrected chi connectivity index (χ1v) is 2.81. The van der Waals surface area contributed by atoms with Crippen molar-refractivity contribution in [3.05, 3.63) is 11.2 Å². The Labute approximate surface area is 46.1 Å². The lowest BCUT2D eigenvalue weighted by atomic mass is 10.9. The molecule has 0 saturated heterocycles. The average molecular weight is 117 g/mol. The van der Waals surface area contributed by atoms with Crippen LogP contribution in [-0.4, -0.2) is 5.50 Å². The third-order valence-electron chi connectivity index (χ3n) is 0.653. The van der Waals surface area contributed by atoms with Gasteiger partial charge < -0.3 is 16.8 Å². The fourth-order valence-corrected chi connectivity index (χ4v) is 0.944. The third kappa shape index (κ3) is 1.01. The van der Waals surface area contributed by atoms with Crippen LogP contribution in [0.15, 0.2) is 11.2 Å². The molecular formula is C3H7N3S. The van der Waals surface area contributed by atoms with Gasteiger partial charge in [-0.3, -0.25) is 0 Å². The highest BCUT2D eigenvalue weighted by Gasteiger charge is 2.07. The van der Waals surface area contributed by atoms with Crippen molar-refractivity contribution >= 4 is 11.8 Å². The second kappa shape index (κ2) is 1.63. The summed E-state index contributed by atoms with van der Waals surface area (Å²) in [7, 11) is 0. The maximum atomic E-state index is 5.34. The van der Waals surface area contributed by atoms with Gasteiger partial charge in [0.1, 0.15) is 5.50 Å². The lowest BCUT2D eigenvalue weighted by Gasteiger charge is -1.97. The van der Waals surface area contributed by atoms with Crippen LogP contribution in [0.5, 0.6) is 0 Å². The molecule has 7 heavy (non-hydrogen) atoms. The van der Waals surface area contributed by atoms with Gasteiger partial charge in [0, 0.05) is 6.20 Å². The summed E-state index contributed by atoms with van der Waals surface area (Å²) in [5, 5.41) is 3.58. The lowest BCUT2D eigenvalue weighted by Crippen LogP contribution is -2.25. The number of rotatable bonds is 0. The molecule has 1 aliphatic heterocycles. The number of hydrogen-bond acceptors (Lipinski definition) is 4. The van der Waals surface area contributed by atoms with E-state index in [1.165, 1.54) is 11.8 Å². The summed E-state index contributed by atoms with van der Waals surface area (Å²) in [6.07, 6.45) is 1.70. The van der Waals surface area contributed by atoms with Crippen molar-refractivity contribution in [2.75, 3.05) is 0 Å². The number of hydrogen-bond donors (Lipinski definition) is 3. The van der Waals surface area contributed by atoms with Crippen LogP contribution >= 0.6 is 11.8 Å². The predicted molar refractivity (Wildman–Crippen MR) is 31.0 cm³/mol. The largest absolute Gasteiger partial charge is 0.392 e. The van der Waals surface area contributed by atoms with Crippen LogP contribution in [0.4, 0.5) is 0 Å². The Hall–Kier alpha value is -0.350. The number of nitrogens with one attached hydrogen (secondary N) is 1. The number of thioether (sulfide) groups is 1. The van der Waals surface area contributed by atoms with Gasteiger partial charge in [0.25, 0.3) is 0 Å². The van der Waals surface area contributed by atoms with Gasteiger partial charge in [-0.2, -0.15) is 0 Å². The lowest BCUT2D eigenvalue weighted by molar-refractivity contribution is 0.836. The van der Waals surface area contributed by atoms with Gasteiger partial charge >= 0.3 is 0 Å². The Morgan fingerprint density at radius 1 is 1.86 bits per heavy atom. The van der Waals surface area contributed by atoms with Crippen LogP contribution in [0.1, 0.15) is 0 Å². The maximum absolute atomic E-state index is 5.34. The molecule has 1 heterocycles. The molecule has 0 fully saturated rings. The molecule has 1 rings (SSSR count). The summed E-state index contributed by atoms with van der Waals surface area (Å²) in [5.74, 6) is 0. The van der Waals surface area contributed by atoms with E-state index in [-0.39, 0.29) is 5.50 Å². The molecule has 4 heteroatoms. The molecule has 1 aliphatic rings. The molecule has 3 nitrogen and oxygen atoms in total. The van der Waals surface area contributed by atoms with E-state index in [1.54, 1.807) is 6.20 Å². The van der Waals surface area contributed by atoms with Crippen LogP contribution in [0.3, 0.4) is 0 Å². The van der Waals surface area contributed by atoms with E-state index >= 15 is 0 Å². The summed E-state index contributed by atoms with van der Waals surface area (Å²) >= 11 is 1.43. The molecule has 0 aliphatic carbocycles. The van der Waals surface area contributed by atoms with Crippen LogP contribution in [0.25, 0.3) is 0 Å². The van der Waals surface area contributed by atoms with Gasteiger partial charge in [0.2, 0.25) is 0 Å². The maximum Gasteiger partial charge on any atom is 0.128 e. The first kappa shape index (κ1) is 4.80. The SMILES string of the molecule is NC1=CNC(N)S1. The van der Waals surface area contributed by atoms with Crippen LogP contribution < -0.4 is 16.8 Å². The zero-order chi connectivity index (χ0) is 5.28. The molecule has 0 aromatic heterocycles. The zero-order valence-corrected chi connectivity index (χ0v) is 4.53. The van der Waals surface area contributed by atoms with E-state index < -0.39 is 0 Å². The zero-order valence-electron chi connectivity index (χ0n) is 3.72. The van der Waals surface area contributed by atoms with Gasteiger partial charge in [0.05, 0.1) is 5.03 Å². The first-order valence-electron chi connectivity index (χ1n) is 1.93. The standard InChI is InChI=1S/C3H7N3S/c4-2-1-6-3(5)7-2/h1,3,6H,4-5H2. The summed E-state index contributed by atoms with van der Waals surface area (Å²) in [6.45, 7) is 0. The summed E-state index contributed by atoms with van der Waals surface area (Å²) in [5.41, 5.74) is 10.6. The topological polar surface area (TPSA) is 64.1 Å². The third-order valence-corrected chi connectivity index (χ3v) is 1.43. The second-order valence-electron chi connectivity index (χ2n) is 1.25. The minimum atomic E-state index is -0.0278. The molecule has 0 radical (unpaired) electrons. The van der Waals surface area contributed by atoms with E-state index in [2.05, 4.69) is 5.32 Å². The van der Waals surface area contributed by atoms with E-state index in [0.29, 0.717) is 0 Å². The number of nitrogens with two attached hydrogens (primary N) is 2. The summed E-state index contributed by atoms with van der Waals surface area (Å²) in [4.78, 5) is 0. The molecule has 0 bridgehead atoms. The molecule has 0 amide bonds.